The van der Waals surface area contributed by atoms with Crippen molar-refractivity contribution in [3.05, 3.63) is 20.8 Å². The first kappa shape index (κ1) is 16.1. The highest BCUT2D eigenvalue weighted by molar-refractivity contribution is 9.10. The van der Waals surface area contributed by atoms with Gasteiger partial charge in [0.05, 0.1) is 6.04 Å². The monoisotopic (exact) mass is 335 g/mol. The van der Waals surface area contributed by atoms with Gasteiger partial charge in [0.2, 0.25) is 0 Å². The van der Waals surface area contributed by atoms with Gasteiger partial charge >= 0.3 is 0 Å². The third-order valence-electron chi connectivity index (χ3n) is 2.50. The molecule has 1 atom stereocenters. The molecular weight excluding hydrogens is 314 g/mol. The summed E-state index contributed by atoms with van der Waals surface area (Å²) in [5.41, 5.74) is 0. The largest absolute Gasteiger partial charge is 0.351 e. The van der Waals surface area contributed by atoms with E-state index in [-0.39, 0.29) is 12.3 Å². The van der Waals surface area contributed by atoms with Crippen LogP contribution >= 0.6 is 27.3 Å². The smallest absolute Gasteiger partial charge is 0.173 e. The zero-order valence-electron chi connectivity index (χ0n) is 11.2. The number of hydrogen-bond donors (Lipinski definition) is 1. The van der Waals surface area contributed by atoms with Gasteiger partial charge in [-0.05, 0) is 42.4 Å². The molecule has 0 saturated carbocycles. The predicted octanol–water partition coefficient (Wildman–Crippen LogP) is 3.43. The van der Waals surface area contributed by atoms with Crippen molar-refractivity contribution in [1.82, 2.24) is 5.32 Å². The molecule has 0 aliphatic carbocycles. The molecule has 0 amide bonds. The molecule has 0 bridgehead atoms. The zero-order chi connectivity index (χ0) is 13.4. The van der Waals surface area contributed by atoms with Gasteiger partial charge < -0.3 is 14.8 Å². The fourth-order valence-corrected chi connectivity index (χ4v) is 3.32. The van der Waals surface area contributed by atoms with E-state index < -0.39 is 0 Å². The quantitative estimate of drug-likeness (QED) is 0.701. The van der Waals surface area contributed by atoms with Crippen molar-refractivity contribution in [3.8, 4) is 0 Å². The van der Waals surface area contributed by atoms with Gasteiger partial charge in [0.1, 0.15) is 0 Å². The van der Waals surface area contributed by atoms with Crippen molar-refractivity contribution in [1.29, 1.82) is 0 Å². The lowest BCUT2D eigenvalue weighted by atomic mass is 10.1. The molecule has 0 aromatic carbocycles. The molecule has 0 spiro atoms. The molecule has 0 aliphatic rings. The summed E-state index contributed by atoms with van der Waals surface area (Å²) in [6, 6.07) is 2.35. The first-order valence-corrected chi connectivity index (χ1v) is 8.07. The van der Waals surface area contributed by atoms with Crippen LogP contribution in [0.1, 0.15) is 25.6 Å². The first-order chi connectivity index (χ1) is 8.71. The summed E-state index contributed by atoms with van der Waals surface area (Å²) in [6.07, 6.45) is 0.746. The maximum atomic E-state index is 5.68. The molecule has 104 valence electrons. The molecule has 1 N–H and O–H groups in total. The number of likely N-dealkylation sites (N-methyl/N-ethyl adjacent to an activating group) is 1. The van der Waals surface area contributed by atoms with Crippen molar-refractivity contribution >= 4 is 27.3 Å². The molecular formula is C13H22BrNO2S. The Hall–Kier alpha value is 0.0600. The lowest BCUT2D eigenvalue weighted by Gasteiger charge is -2.27. The summed E-state index contributed by atoms with van der Waals surface area (Å²) in [7, 11) is 0. The Kier molecular flexibility index (Phi) is 8.10. The molecule has 1 aromatic heterocycles. The summed E-state index contributed by atoms with van der Waals surface area (Å²) in [5.74, 6) is 0. The van der Waals surface area contributed by atoms with Crippen LogP contribution < -0.4 is 5.32 Å². The summed E-state index contributed by atoms with van der Waals surface area (Å²) in [4.78, 5) is 1.33. The van der Waals surface area contributed by atoms with Crippen molar-refractivity contribution in [2.45, 2.75) is 39.5 Å². The highest BCUT2D eigenvalue weighted by Gasteiger charge is 2.22. The van der Waals surface area contributed by atoms with Crippen LogP contribution in [-0.4, -0.2) is 32.1 Å². The number of thiophene rings is 1. The molecule has 0 fully saturated rings. The minimum absolute atomic E-state index is 0.180. The van der Waals surface area contributed by atoms with Gasteiger partial charge in [0, 0.05) is 34.4 Å². The SMILES string of the molecule is CCNC(Cc1cc(Br)cs1)C(OCC)OCC. The van der Waals surface area contributed by atoms with E-state index in [4.69, 9.17) is 9.47 Å². The topological polar surface area (TPSA) is 30.5 Å². The fourth-order valence-electron chi connectivity index (χ4n) is 1.81. The molecule has 1 heterocycles. The Balaban J connectivity index is 2.66. The van der Waals surface area contributed by atoms with Gasteiger partial charge in [0.25, 0.3) is 0 Å². The second kappa shape index (κ2) is 9.04. The number of nitrogens with one attached hydrogen (secondary N) is 1. The van der Waals surface area contributed by atoms with Crippen LogP contribution in [0.2, 0.25) is 0 Å². The minimum atomic E-state index is -0.180. The standard InChI is InChI=1S/C13H22BrNO2S/c1-4-15-12(13(16-5-2)17-6-3)8-11-7-10(14)9-18-11/h7,9,12-13,15H,4-6,8H2,1-3H3. The van der Waals surface area contributed by atoms with Crippen LogP contribution in [0, 0.1) is 0 Å². The molecule has 1 rings (SSSR count). The molecule has 0 radical (unpaired) electrons. The lowest BCUT2D eigenvalue weighted by Crippen LogP contribution is -2.44. The van der Waals surface area contributed by atoms with Gasteiger partial charge in [-0.1, -0.05) is 6.92 Å². The number of ether oxygens (including phenoxy) is 2. The minimum Gasteiger partial charge on any atom is -0.351 e. The Morgan fingerprint density at radius 1 is 1.28 bits per heavy atom. The second-order valence-electron chi connectivity index (χ2n) is 3.88. The first-order valence-electron chi connectivity index (χ1n) is 6.40. The molecule has 1 unspecified atom stereocenters. The number of halogens is 1. The average molecular weight is 336 g/mol. The summed E-state index contributed by atoms with van der Waals surface area (Å²) >= 11 is 5.25. The number of rotatable bonds is 9. The normalized spacial score (nSPS) is 13.2. The Bertz CT molecular complexity index is 327. The molecule has 0 saturated heterocycles. The van der Waals surface area contributed by atoms with E-state index in [0.29, 0.717) is 13.2 Å². The molecule has 18 heavy (non-hydrogen) atoms. The highest BCUT2D eigenvalue weighted by Crippen LogP contribution is 2.22. The van der Waals surface area contributed by atoms with E-state index >= 15 is 0 Å². The van der Waals surface area contributed by atoms with E-state index in [2.05, 4.69) is 39.6 Å². The van der Waals surface area contributed by atoms with Crippen molar-refractivity contribution in [2.24, 2.45) is 0 Å². The maximum Gasteiger partial charge on any atom is 0.173 e. The molecule has 3 nitrogen and oxygen atoms in total. The summed E-state index contributed by atoms with van der Waals surface area (Å²) in [5, 5.41) is 5.56. The van der Waals surface area contributed by atoms with E-state index in [0.717, 1.165) is 17.4 Å². The zero-order valence-corrected chi connectivity index (χ0v) is 13.6. The van der Waals surface area contributed by atoms with Crippen molar-refractivity contribution in [3.63, 3.8) is 0 Å². The molecule has 1 aromatic rings. The summed E-state index contributed by atoms with van der Waals surface area (Å²) < 4.78 is 12.5. The second-order valence-corrected chi connectivity index (χ2v) is 5.79. The molecule has 0 aliphatic heterocycles. The van der Waals surface area contributed by atoms with Crippen LogP contribution in [0.5, 0.6) is 0 Å². The summed E-state index contributed by atoms with van der Waals surface area (Å²) in [6.45, 7) is 8.34. The van der Waals surface area contributed by atoms with E-state index in [9.17, 15) is 0 Å². The van der Waals surface area contributed by atoms with Gasteiger partial charge in [-0.25, -0.2) is 0 Å². The van der Waals surface area contributed by atoms with Crippen LogP contribution in [0.3, 0.4) is 0 Å². The molecule has 5 heteroatoms. The van der Waals surface area contributed by atoms with Crippen LogP contribution in [0.4, 0.5) is 0 Å². The highest BCUT2D eigenvalue weighted by atomic mass is 79.9. The predicted molar refractivity (Wildman–Crippen MR) is 80.2 cm³/mol. The maximum absolute atomic E-state index is 5.68. The van der Waals surface area contributed by atoms with E-state index in [1.165, 1.54) is 4.88 Å². The Morgan fingerprint density at radius 2 is 1.94 bits per heavy atom. The van der Waals surface area contributed by atoms with Crippen LogP contribution in [0.15, 0.2) is 15.9 Å². The van der Waals surface area contributed by atoms with Gasteiger partial charge in [-0.15, -0.1) is 11.3 Å². The van der Waals surface area contributed by atoms with Gasteiger partial charge in [0.15, 0.2) is 6.29 Å². The van der Waals surface area contributed by atoms with Crippen molar-refractivity contribution < 1.29 is 9.47 Å². The van der Waals surface area contributed by atoms with Gasteiger partial charge in [-0.3, -0.25) is 0 Å². The third kappa shape index (κ3) is 5.36. The van der Waals surface area contributed by atoms with E-state index in [1.807, 2.05) is 13.8 Å². The van der Waals surface area contributed by atoms with Crippen LogP contribution in [0.25, 0.3) is 0 Å². The van der Waals surface area contributed by atoms with Gasteiger partial charge in [-0.2, -0.15) is 0 Å². The van der Waals surface area contributed by atoms with Crippen molar-refractivity contribution in [2.75, 3.05) is 19.8 Å². The fraction of sp³-hybridized carbons (Fsp3) is 0.692. The third-order valence-corrected chi connectivity index (χ3v) is 4.22. The van der Waals surface area contributed by atoms with E-state index in [1.54, 1.807) is 11.3 Å². The average Bonchev–Trinajstić information content (AvgIpc) is 2.74. The lowest BCUT2D eigenvalue weighted by molar-refractivity contribution is -0.153. The Labute approximate surface area is 122 Å². The van der Waals surface area contributed by atoms with Crippen LogP contribution in [-0.2, 0) is 15.9 Å². The Morgan fingerprint density at radius 3 is 2.39 bits per heavy atom. The number of hydrogen-bond acceptors (Lipinski definition) is 4.